The summed E-state index contributed by atoms with van der Waals surface area (Å²) in [6.45, 7) is 1.88. The summed E-state index contributed by atoms with van der Waals surface area (Å²) in [5.74, 6) is -1.29. The van der Waals surface area contributed by atoms with E-state index in [-0.39, 0.29) is 16.8 Å². The van der Waals surface area contributed by atoms with E-state index < -0.39 is 23.6 Å². The molecule has 1 N–H and O–H groups in total. The fourth-order valence-electron chi connectivity index (χ4n) is 2.96. The predicted molar refractivity (Wildman–Crippen MR) is 100 cm³/mol. The van der Waals surface area contributed by atoms with Crippen molar-refractivity contribution in [3.05, 3.63) is 59.2 Å². The van der Waals surface area contributed by atoms with Gasteiger partial charge < -0.3 is 19.7 Å². The van der Waals surface area contributed by atoms with Crippen molar-refractivity contribution in [2.75, 3.05) is 43.6 Å². The van der Waals surface area contributed by atoms with Crippen LogP contribution in [0.5, 0.6) is 0 Å². The fraction of sp³-hybridized carbons (Fsp3) is 0.300. The number of hydrogen-bond acceptors (Lipinski definition) is 5. The zero-order valence-electron chi connectivity index (χ0n) is 15.6. The minimum absolute atomic E-state index is 0.114. The standard InChI is InChI=1S/C20H19F3N2O4/c1-28-19(27)14-4-2-13(3-5-14)18(26)24-17-7-6-15(12-16(17)20(21,22)23)25-8-10-29-11-9-25/h2-7,12H,8-11H2,1H3,(H,24,26). The maximum Gasteiger partial charge on any atom is 0.418 e. The van der Waals surface area contributed by atoms with Gasteiger partial charge in [-0.15, -0.1) is 0 Å². The second-order valence-corrected chi connectivity index (χ2v) is 6.35. The molecule has 1 fully saturated rings. The Bertz CT molecular complexity index is 892. The number of ether oxygens (including phenoxy) is 2. The monoisotopic (exact) mass is 408 g/mol. The molecule has 154 valence electrons. The number of esters is 1. The molecule has 0 radical (unpaired) electrons. The van der Waals surface area contributed by atoms with Gasteiger partial charge in [-0.05, 0) is 42.5 Å². The molecular formula is C20H19F3N2O4. The van der Waals surface area contributed by atoms with Crippen LogP contribution in [0.25, 0.3) is 0 Å². The molecule has 0 aromatic heterocycles. The Morgan fingerprint density at radius 1 is 1.03 bits per heavy atom. The van der Waals surface area contributed by atoms with Gasteiger partial charge in [-0.3, -0.25) is 4.79 Å². The van der Waals surface area contributed by atoms with Gasteiger partial charge in [-0.2, -0.15) is 13.2 Å². The van der Waals surface area contributed by atoms with E-state index in [2.05, 4.69) is 10.1 Å². The van der Waals surface area contributed by atoms with Gasteiger partial charge >= 0.3 is 12.1 Å². The first kappa shape index (κ1) is 20.7. The highest BCUT2D eigenvalue weighted by Crippen LogP contribution is 2.37. The number of nitrogens with zero attached hydrogens (tertiary/aromatic N) is 1. The lowest BCUT2D eigenvalue weighted by atomic mass is 10.1. The van der Waals surface area contributed by atoms with Gasteiger partial charge in [-0.25, -0.2) is 4.79 Å². The Hall–Kier alpha value is -3.07. The number of halogens is 3. The maximum atomic E-state index is 13.6. The first-order valence-electron chi connectivity index (χ1n) is 8.83. The van der Waals surface area contributed by atoms with E-state index >= 15 is 0 Å². The Balaban J connectivity index is 1.83. The maximum absolute atomic E-state index is 13.6. The summed E-state index contributed by atoms with van der Waals surface area (Å²) >= 11 is 0. The van der Waals surface area contributed by atoms with E-state index in [0.29, 0.717) is 32.0 Å². The van der Waals surface area contributed by atoms with Crippen LogP contribution in [0.4, 0.5) is 24.5 Å². The summed E-state index contributed by atoms with van der Waals surface area (Å²) < 4.78 is 50.5. The third kappa shape index (κ3) is 4.86. The van der Waals surface area contributed by atoms with Crippen molar-refractivity contribution >= 4 is 23.3 Å². The molecule has 0 spiro atoms. The smallest absolute Gasteiger partial charge is 0.418 e. The van der Waals surface area contributed by atoms with Crippen LogP contribution in [0.3, 0.4) is 0 Å². The topological polar surface area (TPSA) is 67.9 Å². The molecule has 2 aromatic rings. The van der Waals surface area contributed by atoms with Crippen LogP contribution in [0.15, 0.2) is 42.5 Å². The zero-order valence-corrected chi connectivity index (χ0v) is 15.6. The molecule has 3 rings (SSSR count). The third-order valence-electron chi connectivity index (χ3n) is 4.50. The lowest BCUT2D eigenvalue weighted by molar-refractivity contribution is -0.136. The molecule has 1 aliphatic rings. The summed E-state index contributed by atoms with van der Waals surface area (Å²) in [6, 6.07) is 9.24. The largest absolute Gasteiger partial charge is 0.465 e. The Labute approximate surface area is 165 Å². The molecule has 1 amide bonds. The fourth-order valence-corrected chi connectivity index (χ4v) is 2.96. The van der Waals surface area contributed by atoms with Crippen LogP contribution < -0.4 is 10.2 Å². The number of carbonyl (C=O) groups is 2. The number of methoxy groups -OCH3 is 1. The van der Waals surface area contributed by atoms with Gasteiger partial charge in [0.05, 0.1) is 37.1 Å². The summed E-state index contributed by atoms with van der Waals surface area (Å²) in [5, 5.41) is 2.31. The average Bonchev–Trinajstić information content (AvgIpc) is 2.73. The highest BCUT2D eigenvalue weighted by atomic mass is 19.4. The number of hydrogen-bond donors (Lipinski definition) is 1. The van der Waals surface area contributed by atoms with Gasteiger partial charge in [0.15, 0.2) is 0 Å². The zero-order chi connectivity index (χ0) is 21.0. The molecule has 9 heteroatoms. The Kier molecular flexibility index (Phi) is 6.07. The number of amides is 1. The minimum Gasteiger partial charge on any atom is -0.465 e. The van der Waals surface area contributed by atoms with Gasteiger partial charge in [-0.1, -0.05) is 0 Å². The van der Waals surface area contributed by atoms with Crippen molar-refractivity contribution in [3.8, 4) is 0 Å². The predicted octanol–water partition coefficient (Wildman–Crippen LogP) is 3.58. The molecule has 0 saturated carbocycles. The van der Waals surface area contributed by atoms with Gasteiger partial charge in [0.2, 0.25) is 0 Å². The molecule has 0 aliphatic carbocycles. The first-order valence-corrected chi connectivity index (χ1v) is 8.83. The Morgan fingerprint density at radius 2 is 1.66 bits per heavy atom. The lowest BCUT2D eigenvalue weighted by Gasteiger charge is -2.29. The molecule has 29 heavy (non-hydrogen) atoms. The number of morpholine rings is 1. The molecule has 6 nitrogen and oxygen atoms in total. The molecule has 2 aromatic carbocycles. The van der Waals surface area contributed by atoms with Crippen LogP contribution in [0.1, 0.15) is 26.3 Å². The van der Waals surface area contributed by atoms with Crippen molar-refractivity contribution in [2.45, 2.75) is 6.18 Å². The number of carbonyl (C=O) groups excluding carboxylic acids is 2. The van der Waals surface area contributed by atoms with E-state index in [9.17, 15) is 22.8 Å². The van der Waals surface area contributed by atoms with Crippen LogP contribution >= 0.6 is 0 Å². The summed E-state index contributed by atoms with van der Waals surface area (Å²) in [6.07, 6.45) is -4.64. The normalized spacial score (nSPS) is 14.4. The second-order valence-electron chi connectivity index (χ2n) is 6.35. The van der Waals surface area contributed by atoms with Gasteiger partial charge in [0.1, 0.15) is 0 Å². The summed E-state index contributed by atoms with van der Waals surface area (Å²) in [7, 11) is 1.22. The van der Waals surface area contributed by atoms with Crippen molar-refractivity contribution < 1.29 is 32.2 Å². The number of alkyl halides is 3. The van der Waals surface area contributed by atoms with Crippen LogP contribution in [-0.2, 0) is 15.7 Å². The molecule has 1 aliphatic heterocycles. The molecule has 1 heterocycles. The van der Waals surface area contributed by atoms with E-state index in [1.165, 1.54) is 43.5 Å². The van der Waals surface area contributed by atoms with Crippen molar-refractivity contribution in [1.82, 2.24) is 0 Å². The van der Waals surface area contributed by atoms with Crippen LogP contribution in [0, 0.1) is 0 Å². The minimum atomic E-state index is -4.64. The SMILES string of the molecule is COC(=O)c1ccc(C(=O)Nc2ccc(N3CCOCC3)cc2C(F)(F)F)cc1. The highest BCUT2D eigenvalue weighted by molar-refractivity contribution is 6.05. The second kappa shape index (κ2) is 8.52. The summed E-state index contributed by atoms with van der Waals surface area (Å²) in [4.78, 5) is 25.7. The van der Waals surface area contributed by atoms with E-state index in [1.54, 1.807) is 4.90 Å². The summed E-state index contributed by atoms with van der Waals surface area (Å²) in [5.41, 5.74) is -0.503. The van der Waals surface area contributed by atoms with Crippen molar-refractivity contribution in [1.29, 1.82) is 0 Å². The number of benzene rings is 2. The Morgan fingerprint density at radius 3 is 2.24 bits per heavy atom. The quantitative estimate of drug-likeness (QED) is 0.784. The van der Waals surface area contributed by atoms with Crippen LogP contribution in [-0.4, -0.2) is 45.3 Å². The van der Waals surface area contributed by atoms with Crippen molar-refractivity contribution in [3.63, 3.8) is 0 Å². The number of anilines is 2. The van der Waals surface area contributed by atoms with Gasteiger partial charge in [0.25, 0.3) is 5.91 Å². The first-order chi connectivity index (χ1) is 13.8. The van der Waals surface area contributed by atoms with E-state index in [0.717, 1.165) is 6.07 Å². The molecule has 0 unspecified atom stereocenters. The van der Waals surface area contributed by atoms with Crippen molar-refractivity contribution in [2.24, 2.45) is 0 Å². The number of rotatable bonds is 4. The van der Waals surface area contributed by atoms with E-state index in [4.69, 9.17) is 4.74 Å². The molecule has 0 atom stereocenters. The molecular weight excluding hydrogens is 389 g/mol. The number of nitrogens with one attached hydrogen (secondary N) is 1. The van der Waals surface area contributed by atoms with Crippen LogP contribution in [0.2, 0.25) is 0 Å². The molecule has 0 bridgehead atoms. The highest BCUT2D eigenvalue weighted by Gasteiger charge is 2.35. The third-order valence-corrected chi connectivity index (χ3v) is 4.50. The van der Waals surface area contributed by atoms with Gasteiger partial charge in [0, 0.05) is 24.3 Å². The van der Waals surface area contributed by atoms with E-state index in [1.807, 2.05) is 0 Å². The average molecular weight is 408 g/mol. The lowest BCUT2D eigenvalue weighted by Crippen LogP contribution is -2.36. The molecule has 1 saturated heterocycles.